The minimum Gasteiger partial charge on any atom is -0.497 e. The maximum atomic E-state index is 11.5. The monoisotopic (exact) mass is 334 g/mol. The molecule has 5 nitrogen and oxygen atoms in total. The number of esters is 2. The van der Waals surface area contributed by atoms with Crippen LogP contribution in [-0.4, -0.2) is 32.3 Å². The highest BCUT2D eigenvalue weighted by molar-refractivity contribution is 5.91. The minimum absolute atomic E-state index is 0.283. The molecule has 1 aliphatic rings. The molecule has 0 aliphatic carbocycles. The Morgan fingerprint density at radius 3 is 1.92 bits per heavy atom. The molecule has 1 saturated heterocycles. The largest absolute Gasteiger partial charge is 0.497 e. The van der Waals surface area contributed by atoms with E-state index in [0.29, 0.717) is 19.1 Å². The van der Waals surface area contributed by atoms with Gasteiger partial charge in [0.05, 0.1) is 20.3 Å². The van der Waals surface area contributed by atoms with Gasteiger partial charge in [-0.2, -0.15) is 0 Å². The van der Waals surface area contributed by atoms with Crippen molar-refractivity contribution < 1.29 is 23.8 Å². The van der Waals surface area contributed by atoms with Gasteiger partial charge in [-0.25, -0.2) is 0 Å². The lowest BCUT2D eigenvalue weighted by Gasteiger charge is -2.18. The lowest BCUT2D eigenvalue weighted by Crippen LogP contribution is -2.15. The summed E-state index contributed by atoms with van der Waals surface area (Å²) in [5, 5.41) is 0. The maximum absolute atomic E-state index is 11.5. The molecule has 2 rings (SSSR count). The molecule has 0 radical (unpaired) electrons. The van der Waals surface area contributed by atoms with Crippen molar-refractivity contribution in [2.45, 2.75) is 50.9 Å². The quantitative estimate of drug-likeness (QED) is 0.611. The van der Waals surface area contributed by atoms with Crippen LogP contribution in [0.4, 0.5) is 0 Å². The van der Waals surface area contributed by atoms with E-state index in [9.17, 15) is 9.59 Å². The van der Waals surface area contributed by atoms with Crippen LogP contribution < -0.4 is 4.74 Å². The SMILES string of the molecule is COc1ccc(C2CCCCOC(=O)CC(=O)OCCCC2)cc1. The molecule has 0 bridgehead atoms. The second-order valence-corrected chi connectivity index (χ2v) is 6.08. The maximum Gasteiger partial charge on any atom is 0.317 e. The highest BCUT2D eigenvalue weighted by Gasteiger charge is 2.15. The fourth-order valence-electron chi connectivity index (χ4n) is 2.93. The molecule has 5 heteroatoms. The fraction of sp³-hybridized carbons (Fsp3) is 0.579. The molecule has 1 heterocycles. The lowest BCUT2D eigenvalue weighted by atomic mass is 9.89. The number of carbonyl (C=O) groups is 2. The summed E-state index contributed by atoms with van der Waals surface area (Å²) in [6, 6.07) is 8.22. The van der Waals surface area contributed by atoms with E-state index < -0.39 is 11.9 Å². The number of rotatable bonds is 2. The van der Waals surface area contributed by atoms with Crippen LogP contribution in [0.25, 0.3) is 0 Å². The number of benzene rings is 1. The van der Waals surface area contributed by atoms with Crippen molar-refractivity contribution in [3.8, 4) is 5.75 Å². The Kier molecular flexibility index (Phi) is 7.59. The van der Waals surface area contributed by atoms with Crippen molar-refractivity contribution in [3.05, 3.63) is 29.8 Å². The molecule has 1 aliphatic heterocycles. The summed E-state index contributed by atoms with van der Waals surface area (Å²) < 4.78 is 15.4. The zero-order valence-electron chi connectivity index (χ0n) is 14.3. The Hall–Kier alpha value is -2.04. The molecular formula is C19H26O5. The van der Waals surface area contributed by atoms with E-state index in [4.69, 9.17) is 14.2 Å². The van der Waals surface area contributed by atoms with Crippen LogP contribution in [0.5, 0.6) is 5.75 Å². The van der Waals surface area contributed by atoms with Crippen LogP contribution in [0.2, 0.25) is 0 Å². The highest BCUT2D eigenvalue weighted by atomic mass is 16.6. The third-order valence-corrected chi connectivity index (χ3v) is 4.30. The normalized spacial score (nSPS) is 19.0. The Bertz CT molecular complexity index is 499. The first-order valence-electron chi connectivity index (χ1n) is 8.64. The molecule has 1 aromatic carbocycles. The van der Waals surface area contributed by atoms with E-state index in [2.05, 4.69) is 12.1 Å². The average molecular weight is 334 g/mol. The van der Waals surface area contributed by atoms with Crippen LogP contribution in [0.3, 0.4) is 0 Å². The van der Waals surface area contributed by atoms with Gasteiger partial charge in [-0.15, -0.1) is 0 Å². The summed E-state index contributed by atoms with van der Waals surface area (Å²) in [5.41, 5.74) is 1.30. The van der Waals surface area contributed by atoms with Gasteiger partial charge in [0.25, 0.3) is 0 Å². The van der Waals surface area contributed by atoms with Crippen LogP contribution >= 0.6 is 0 Å². The highest BCUT2D eigenvalue weighted by Crippen LogP contribution is 2.29. The molecule has 0 saturated carbocycles. The molecule has 0 N–H and O–H groups in total. The fourth-order valence-corrected chi connectivity index (χ4v) is 2.93. The molecular weight excluding hydrogens is 308 g/mol. The van der Waals surface area contributed by atoms with Crippen molar-refractivity contribution in [1.82, 2.24) is 0 Å². The zero-order valence-corrected chi connectivity index (χ0v) is 14.3. The van der Waals surface area contributed by atoms with E-state index in [1.54, 1.807) is 7.11 Å². The van der Waals surface area contributed by atoms with Crippen molar-refractivity contribution in [3.63, 3.8) is 0 Å². The predicted molar refractivity (Wildman–Crippen MR) is 90.0 cm³/mol. The van der Waals surface area contributed by atoms with Gasteiger partial charge in [0.15, 0.2) is 0 Å². The number of hydrogen-bond donors (Lipinski definition) is 0. The van der Waals surface area contributed by atoms with Crippen molar-refractivity contribution in [2.24, 2.45) is 0 Å². The van der Waals surface area contributed by atoms with Crippen LogP contribution in [0.15, 0.2) is 24.3 Å². The van der Waals surface area contributed by atoms with E-state index in [1.165, 1.54) is 5.56 Å². The molecule has 0 unspecified atom stereocenters. The Labute approximate surface area is 143 Å². The Morgan fingerprint density at radius 2 is 1.42 bits per heavy atom. The molecule has 0 atom stereocenters. The lowest BCUT2D eigenvalue weighted by molar-refractivity contribution is -0.154. The number of hydrogen-bond acceptors (Lipinski definition) is 5. The average Bonchev–Trinajstić information content (AvgIpc) is 2.59. The van der Waals surface area contributed by atoms with Crippen molar-refractivity contribution >= 4 is 11.9 Å². The van der Waals surface area contributed by atoms with Gasteiger partial charge in [0.1, 0.15) is 12.2 Å². The molecule has 1 aromatic rings. The second-order valence-electron chi connectivity index (χ2n) is 6.08. The minimum atomic E-state index is -0.497. The van der Waals surface area contributed by atoms with Crippen molar-refractivity contribution in [2.75, 3.05) is 20.3 Å². The molecule has 24 heavy (non-hydrogen) atoms. The topological polar surface area (TPSA) is 61.8 Å². The summed E-state index contributed by atoms with van der Waals surface area (Å²) in [6.07, 6.45) is 5.45. The summed E-state index contributed by atoms with van der Waals surface area (Å²) in [4.78, 5) is 22.9. The number of cyclic esters (lactones) is 2. The summed E-state index contributed by atoms with van der Waals surface area (Å²) in [5.74, 6) is 0.330. The summed E-state index contributed by atoms with van der Waals surface area (Å²) in [7, 11) is 1.67. The van der Waals surface area contributed by atoms with Crippen LogP contribution in [0, 0.1) is 0 Å². The smallest absolute Gasteiger partial charge is 0.317 e. The van der Waals surface area contributed by atoms with E-state index in [0.717, 1.165) is 44.3 Å². The standard InChI is InChI=1S/C19H26O5/c1-22-17-10-8-16(9-11-17)15-6-2-4-12-23-18(20)14-19(21)24-13-5-3-7-15/h8-11,15H,2-7,12-14H2,1H3. The second kappa shape index (κ2) is 9.96. The molecule has 0 amide bonds. The third kappa shape index (κ3) is 6.22. The van der Waals surface area contributed by atoms with Crippen LogP contribution in [0.1, 0.15) is 56.4 Å². The van der Waals surface area contributed by atoms with E-state index in [-0.39, 0.29) is 6.42 Å². The number of carbonyl (C=O) groups excluding carboxylic acids is 2. The zero-order chi connectivity index (χ0) is 17.2. The number of methoxy groups -OCH3 is 1. The predicted octanol–water partition coefficient (Wildman–Crippen LogP) is 3.61. The molecule has 0 aromatic heterocycles. The number of ether oxygens (including phenoxy) is 3. The molecule has 1 fully saturated rings. The van der Waals surface area contributed by atoms with Gasteiger partial charge in [0.2, 0.25) is 0 Å². The molecule has 0 spiro atoms. The van der Waals surface area contributed by atoms with E-state index >= 15 is 0 Å². The Balaban J connectivity index is 1.94. The first kappa shape index (κ1) is 18.3. The van der Waals surface area contributed by atoms with Gasteiger partial charge >= 0.3 is 11.9 Å². The van der Waals surface area contributed by atoms with Gasteiger partial charge in [0, 0.05) is 0 Å². The van der Waals surface area contributed by atoms with Crippen molar-refractivity contribution in [1.29, 1.82) is 0 Å². The van der Waals surface area contributed by atoms with Gasteiger partial charge < -0.3 is 14.2 Å². The first-order valence-corrected chi connectivity index (χ1v) is 8.64. The molecule has 132 valence electrons. The van der Waals surface area contributed by atoms with Gasteiger partial charge in [-0.3, -0.25) is 9.59 Å². The summed E-state index contributed by atoms with van der Waals surface area (Å²) in [6.45, 7) is 0.725. The Morgan fingerprint density at radius 1 is 0.875 bits per heavy atom. The van der Waals surface area contributed by atoms with E-state index in [1.807, 2.05) is 12.1 Å². The summed E-state index contributed by atoms with van der Waals surface area (Å²) >= 11 is 0. The van der Waals surface area contributed by atoms with Crippen LogP contribution in [-0.2, 0) is 19.1 Å². The third-order valence-electron chi connectivity index (χ3n) is 4.30. The first-order chi connectivity index (χ1) is 11.7. The van der Waals surface area contributed by atoms with Gasteiger partial charge in [-0.05, 0) is 62.1 Å². The van der Waals surface area contributed by atoms with Gasteiger partial charge in [-0.1, -0.05) is 12.1 Å².